The number of rotatable bonds is 2. The third-order valence-corrected chi connectivity index (χ3v) is 5.53. The second-order valence-corrected chi connectivity index (χ2v) is 6.92. The zero-order valence-electron chi connectivity index (χ0n) is 14.3. The molecule has 1 aliphatic carbocycles. The van der Waals surface area contributed by atoms with Crippen molar-refractivity contribution in [1.82, 2.24) is 4.90 Å². The highest BCUT2D eigenvalue weighted by molar-refractivity contribution is 5.88. The van der Waals surface area contributed by atoms with Crippen LogP contribution >= 0.6 is 0 Å². The van der Waals surface area contributed by atoms with Crippen LogP contribution in [0.15, 0.2) is 48.5 Å². The van der Waals surface area contributed by atoms with Crippen LogP contribution in [0, 0.1) is 0 Å². The Morgan fingerprint density at radius 2 is 1.68 bits per heavy atom. The molecule has 1 atom stereocenters. The first-order chi connectivity index (χ1) is 12.3. The molecule has 2 aliphatic heterocycles. The van der Waals surface area contributed by atoms with Gasteiger partial charge in [-0.15, -0.1) is 0 Å². The van der Waals surface area contributed by atoms with Crippen molar-refractivity contribution in [1.29, 1.82) is 0 Å². The molecular formula is C21H21NO3. The van der Waals surface area contributed by atoms with Crippen LogP contribution in [0.3, 0.4) is 0 Å². The van der Waals surface area contributed by atoms with E-state index in [0.29, 0.717) is 6.79 Å². The summed E-state index contributed by atoms with van der Waals surface area (Å²) in [6.07, 6.45) is 2.40. The van der Waals surface area contributed by atoms with E-state index in [9.17, 15) is 0 Å². The zero-order valence-corrected chi connectivity index (χ0v) is 14.3. The average Bonchev–Trinajstić information content (AvgIpc) is 3.25. The maximum atomic E-state index is 5.66. The van der Waals surface area contributed by atoms with Crippen molar-refractivity contribution in [2.24, 2.45) is 0 Å². The molecule has 0 spiro atoms. The molecule has 0 amide bonds. The van der Waals surface area contributed by atoms with Gasteiger partial charge in [0.1, 0.15) is 0 Å². The SMILES string of the molecule is CC1(N2CCOCC2)C=C(c2ccccc2)c2cc3c(cc21)OCO3. The fraction of sp³-hybridized carbons (Fsp3) is 0.333. The Bertz CT molecular complexity index is 840. The van der Waals surface area contributed by atoms with Crippen LogP contribution in [0.5, 0.6) is 11.5 Å². The number of nitrogens with zero attached hydrogens (tertiary/aromatic N) is 1. The molecule has 0 radical (unpaired) electrons. The lowest BCUT2D eigenvalue weighted by molar-refractivity contribution is -0.00109. The van der Waals surface area contributed by atoms with Gasteiger partial charge in [0, 0.05) is 13.1 Å². The van der Waals surface area contributed by atoms with Gasteiger partial charge in [-0.2, -0.15) is 0 Å². The Balaban J connectivity index is 1.69. The number of ether oxygens (including phenoxy) is 3. The molecule has 4 nitrogen and oxygen atoms in total. The Labute approximate surface area is 147 Å². The summed E-state index contributed by atoms with van der Waals surface area (Å²) in [5.74, 6) is 1.69. The third-order valence-electron chi connectivity index (χ3n) is 5.53. The van der Waals surface area contributed by atoms with Gasteiger partial charge in [-0.25, -0.2) is 0 Å². The molecule has 1 saturated heterocycles. The lowest BCUT2D eigenvalue weighted by Gasteiger charge is -2.40. The summed E-state index contributed by atoms with van der Waals surface area (Å²) in [5.41, 5.74) is 4.87. The van der Waals surface area contributed by atoms with Crippen LogP contribution in [0.25, 0.3) is 5.57 Å². The molecule has 128 valence electrons. The van der Waals surface area contributed by atoms with E-state index in [1.165, 1.54) is 22.3 Å². The van der Waals surface area contributed by atoms with Gasteiger partial charge in [0.2, 0.25) is 6.79 Å². The molecule has 1 unspecified atom stereocenters. The summed E-state index contributed by atoms with van der Waals surface area (Å²) >= 11 is 0. The second kappa shape index (κ2) is 5.61. The van der Waals surface area contributed by atoms with E-state index in [-0.39, 0.29) is 5.54 Å². The molecule has 0 saturated carbocycles. The number of morpholine rings is 1. The molecule has 0 N–H and O–H groups in total. The number of hydrogen-bond acceptors (Lipinski definition) is 4. The standard InChI is InChI=1S/C21H21NO3/c1-21(22-7-9-23-10-8-22)13-17(15-5-3-2-4-6-15)16-11-19-20(12-18(16)21)25-14-24-19/h2-6,11-13H,7-10,14H2,1H3. The minimum Gasteiger partial charge on any atom is -0.454 e. The van der Waals surface area contributed by atoms with Crippen molar-refractivity contribution in [3.63, 3.8) is 0 Å². The highest BCUT2D eigenvalue weighted by atomic mass is 16.7. The minimum atomic E-state index is -0.161. The van der Waals surface area contributed by atoms with E-state index < -0.39 is 0 Å². The summed E-state index contributed by atoms with van der Waals surface area (Å²) in [6.45, 7) is 6.03. The first-order valence-electron chi connectivity index (χ1n) is 8.81. The topological polar surface area (TPSA) is 30.9 Å². The fourth-order valence-electron chi connectivity index (χ4n) is 4.17. The monoisotopic (exact) mass is 335 g/mol. The van der Waals surface area contributed by atoms with Crippen LogP contribution in [0.1, 0.15) is 23.6 Å². The molecule has 5 rings (SSSR count). The molecule has 2 aromatic carbocycles. The van der Waals surface area contributed by atoms with E-state index >= 15 is 0 Å². The fourth-order valence-corrected chi connectivity index (χ4v) is 4.17. The smallest absolute Gasteiger partial charge is 0.231 e. The summed E-state index contributed by atoms with van der Waals surface area (Å²) in [5, 5.41) is 0. The summed E-state index contributed by atoms with van der Waals surface area (Å²) in [4.78, 5) is 2.51. The summed E-state index contributed by atoms with van der Waals surface area (Å²) < 4.78 is 16.9. The predicted molar refractivity (Wildman–Crippen MR) is 95.8 cm³/mol. The molecule has 0 aromatic heterocycles. The van der Waals surface area contributed by atoms with Gasteiger partial charge in [-0.05, 0) is 41.3 Å². The Kier molecular flexibility index (Phi) is 3.37. The van der Waals surface area contributed by atoms with E-state index in [1.807, 2.05) is 0 Å². The predicted octanol–water partition coefficient (Wildman–Crippen LogP) is 3.41. The summed E-state index contributed by atoms with van der Waals surface area (Å²) in [7, 11) is 0. The normalized spacial score (nSPS) is 24.9. The molecule has 2 heterocycles. The van der Waals surface area contributed by atoms with Gasteiger partial charge in [0.05, 0.1) is 18.8 Å². The second-order valence-electron chi connectivity index (χ2n) is 6.92. The van der Waals surface area contributed by atoms with E-state index in [4.69, 9.17) is 14.2 Å². The average molecular weight is 335 g/mol. The van der Waals surface area contributed by atoms with Crippen molar-refractivity contribution in [3.05, 3.63) is 65.2 Å². The van der Waals surface area contributed by atoms with Crippen molar-refractivity contribution in [2.45, 2.75) is 12.5 Å². The lowest BCUT2D eigenvalue weighted by atomic mass is 9.91. The first kappa shape index (κ1) is 15.0. The third kappa shape index (κ3) is 2.29. The Morgan fingerprint density at radius 1 is 0.960 bits per heavy atom. The van der Waals surface area contributed by atoms with Gasteiger partial charge in [0.25, 0.3) is 0 Å². The first-order valence-corrected chi connectivity index (χ1v) is 8.81. The van der Waals surface area contributed by atoms with Crippen LogP contribution in [0.4, 0.5) is 0 Å². The molecule has 4 heteroatoms. The molecule has 0 bridgehead atoms. The molecule has 3 aliphatic rings. The van der Waals surface area contributed by atoms with Gasteiger partial charge in [-0.1, -0.05) is 36.4 Å². The quantitative estimate of drug-likeness (QED) is 0.842. The van der Waals surface area contributed by atoms with Crippen molar-refractivity contribution >= 4 is 5.57 Å². The van der Waals surface area contributed by atoms with Crippen LogP contribution in [-0.4, -0.2) is 38.0 Å². The molecule has 25 heavy (non-hydrogen) atoms. The van der Waals surface area contributed by atoms with Gasteiger partial charge >= 0.3 is 0 Å². The number of benzene rings is 2. The highest BCUT2D eigenvalue weighted by Crippen LogP contribution is 2.50. The van der Waals surface area contributed by atoms with Gasteiger partial charge in [0.15, 0.2) is 11.5 Å². The highest BCUT2D eigenvalue weighted by Gasteiger charge is 2.41. The largest absolute Gasteiger partial charge is 0.454 e. The van der Waals surface area contributed by atoms with Gasteiger partial charge in [-0.3, -0.25) is 4.90 Å². The lowest BCUT2D eigenvalue weighted by Crippen LogP contribution is -2.48. The Hall–Kier alpha value is -2.30. The van der Waals surface area contributed by atoms with Crippen molar-refractivity contribution in [3.8, 4) is 11.5 Å². The molecule has 2 aromatic rings. The van der Waals surface area contributed by atoms with E-state index in [0.717, 1.165) is 37.8 Å². The molecule has 1 fully saturated rings. The Morgan fingerprint density at radius 3 is 2.44 bits per heavy atom. The number of fused-ring (bicyclic) bond motifs is 2. The zero-order chi connectivity index (χ0) is 16.9. The van der Waals surface area contributed by atoms with Crippen LogP contribution in [0.2, 0.25) is 0 Å². The van der Waals surface area contributed by atoms with Crippen molar-refractivity contribution < 1.29 is 14.2 Å². The van der Waals surface area contributed by atoms with Gasteiger partial charge < -0.3 is 14.2 Å². The minimum absolute atomic E-state index is 0.161. The number of hydrogen-bond donors (Lipinski definition) is 0. The van der Waals surface area contributed by atoms with E-state index in [2.05, 4.69) is 60.4 Å². The molecular weight excluding hydrogens is 314 g/mol. The maximum Gasteiger partial charge on any atom is 0.231 e. The summed E-state index contributed by atoms with van der Waals surface area (Å²) in [6, 6.07) is 14.9. The van der Waals surface area contributed by atoms with Crippen molar-refractivity contribution in [2.75, 3.05) is 33.1 Å². The maximum absolute atomic E-state index is 5.66. The van der Waals surface area contributed by atoms with Crippen LogP contribution in [-0.2, 0) is 10.3 Å². The van der Waals surface area contributed by atoms with Crippen LogP contribution < -0.4 is 9.47 Å². The van der Waals surface area contributed by atoms with E-state index in [1.54, 1.807) is 0 Å².